The average molecular weight is 618 g/mol. The summed E-state index contributed by atoms with van der Waals surface area (Å²) in [5.74, 6) is 0.705. The van der Waals surface area contributed by atoms with Gasteiger partial charge in [-0.25, -0.2) is 4.98 Å². The van der Waals surface area contributed by atoms with Gasteiger partial charge in [0.2, 0.25) is 0 Å². The number of anilines is 2. The third-order valence-electron chi connectivity index (χ3n) is 7.04. The maximum absolute atomic E-state index is 13.5. The summed E-state index contributed by atoms with van der Waals surface area (Å²) >= 11 is 2.79. The molecule has 9 heteroatoms. The molecule has 0 aliphatic heterocycles. The molecule has 0 spiro atoms. The fraction of sp³-hybridized carbons (Fsp3) is 0.0571. The van der Waals surface area contributed by atoms with Crippen molar-refractivity contribution >= 4 is 62.0 Å². The van der Waals surface area contributed by atoms with Gasteiger partial charge in [-0.1, -0.05) is 42.5 Å². The number of benzene rings is 3. The van der Waals surface area contributed by atoms with Crippen LogP contribution in [0.2, 0.25) is 0 Å². The number of ether oxygens (including phenoxy) is 2. The zero-order valence-corrected chi connectivity index (χ0v) is 25.5. The van der Waals surface area contributed by atoms with Crippen LogP contribution >= 0.6 is 22.7 Å². The van der Waals surface area contributed by atoms with Gasteiger partial charge in [-0.05, 0) is 77.2 Å². The van der Waals surface area contributed by atoms with Crippen molar-refractivity contribution in [3.05, 3.63) is 118 Å². The lowest BCUT2D eigenvalue weighted by molar-refractivity contribution is 0.102. The quantitative estimate of drug-likeness (QED) is 0.125. The predicted octanol–water partition coefficient (Wildman–Crippen LogP) is 8.44. The third kappa shape index (κ3) is 5.83. The van der Waals surface area contributed by atoms with Crippen LogP contribution in [0.5, 0.6) is 11.5 Å². The van der Waals surface area contributed by atoms with Crippen LogP contribution in [0.3, 0.4) is 0 Å². The Morgan fingerprint density at radius 3 is 2.34 bits per heavy atom. The van der Waals surface area contributed by atoms with E-state index in [1.54, 1.807) is 62.0 Å². The molecule has 6 rings (SSSR count). The average Bonchev–Trinajstić information content (AvgIpc) is 3.71. The van der Waals surface area contributed by atoms with Gasteiger partial charge in [0, 0.05) is 27.1 Å². The number of amides is 1. The van der Waals surface area contributed by atoms with Crippen LogP contribution in [0.1, 0.15) is 24.9 Å². The summed E-state index contributed by atoms with van der Waals surface area (Å²) in [6, 6.07) is 28.1. The SMILES string of the molecule is COc1ccc(-c2cc(-c3ccccc3)nc3sc(C(=O)Nc4ccc(C(=O)/C=C/c5cccs5)cc4)c(N)c23)cc1OC. The highest BCUT2D eigenvalue weighted by molar-refractivity contribution is 7.21. The van der Waals surface area contributed by atoms with Crippen molar-refractivity contribution < 1.29 is 19.1 Å². The molecule has 0 aliphatic rings. The van der Waals surface area contributed by atoms with Crippen LogP contribution in [-0.4, -0.2) is 30.9 Å². The van der Waals surface area contributed by atoms with Gasteiger partial charge in [0.05, 0.1) is 25.6 Å². The fourth-order valence-electron chi connectivity index (χ4n) is 4.82. The number of pyridine rings is 1. The Kier molecular flexibility index (Phi) is 8.23. The van der Waals surface area contributed by atoms with E-state index < -0.39 is 0 Å². The second kappa shape index (κ2) is 12.5. The van der Waals surface area contributed by atoms with Gasteiger partial charge in [-0.2, -0.15) is 0 Å². The van der Waals surface area contributed by atoms with E-state index in [0.717, 1.165) is 27.3 Å². The molecule has 44 heavy (non-hydrogen) atoms. The molecule has 0 radical (unpaired) electrons. The Hall–Kier alpha value is -5.25. The van der Waals surface area contributed by atoms with Gasteiger partial charge in [-0.3, -0.25) is 9.59 Å². The Morgan fingerprint density at radius 1 is 0.864 bits per heavy atom. The second-order valence-electron chi connectivity index (χ2n) is 9.76. The number of thiophene rings is 2. The lowest BCUT2D eigenvalue weighted by atomic mass is 9.99. The van der Waals surface area contributed by atoms with E-state index in [2.05, 4.69) is 5.32 Å². The molecule has 0 unspecified atom stereocenters. The van der Waals surface area contributed by atoms with Crippen molar-refractivity contribution in [2.45, 2.75) is 0 Å². The molecule has 3 aromatic heterocycles. The molecule has 3 aromatic carbocycles. The van der Waals surface area contributed by atoms with E-state index in [1.165, 1.54) is 11.3 Å². The number of nitrogens with zero attached hydrogens (tertiary/aromatic N) is 1. The molecular formula is C35H27N3O4S2. The second-order valence-corrected chi connectivity index (χ2v) is 11.7. The molecule has 0 bridgehead atoms. The van der Waals surface area contributed by atoms with Gasteiger partial charge in [-0.15, -0.1) is 22.7 Å². The molecule has 0 saturated heterocycles. The van der Waals surface area contributed by atoms with Gasteiger partial charge in [0.15, 0.2) is 17.3 Å². The molecule has 3 N–H and O–H groups in total. The van der Waals surface area contributed by atoms with E-state index in [4.69, 9.17) is 20.2 Å². The van der Waals surface area contributed by atoms with Gasteiger partial charge >= 0.3 is 0 Å². The summed E-state index contributed by atoms with van der Waals surface area (Å²) in [7, 11) is 3.18. The molecular weight excluding hydrogens is 591 g/mol. The number of nitrogens with one attached hydrogen (secondary N) is 1. The number of aromatic nitrogens is 1. The Morgan fingerprint density at radius 2 is 1.64 bits per heavy atom. The molecule has 7 nitrogen and oxygen atoms in total. The molecule has 0 atom stereocenters. The summed E-state index contributed by atoms with van der Waals surface area (Å²) in [6.07, 6.45) is 3.34. The van der Waals surface area contributed by atoms with Gasteiger partial charge in [0.25, 0.3) is 5.91 Å². The zero-order chi connectivity index (χ0) is 30.6. The summed E-state index contributed by atoms with van der Waals surface area (Å²) in [4.78, 5) is 33.0. The van der Waals surface area contributed by atoms with Crippen LogP contribution in [-0.2, 0) is 0 Å². The summed E-state index contributed by atoms with van der Waals surface area (Å²) in [5, 5.41) is 5.56. The maximum atomic E-state index is 13.5. The number of nitrogen functional groups attached to an aromatic ring is 1. The number of fused-ring (bicyclic) bond motifs is 1. The fourth-order valence-corrected chi connectivity index (χ4v) is 6.46. The van der Waals surface area contributed by atoms with E-state index >= 15 is 0 Å². The highest BCUT2D eigenvalue weighted by atomic mass is 32.1. The molecule has 0 aliphatic carbocycles. The van der Waals surface area contributed by atoms with Gasteiger partial charge < -0.3 is 20.5 Å². The Bertz CT molecular complexity index is 2000. The van der Waals surface area contributed by atoms with E-state index in [-0.39, 0.29) is 11.7 Å². The molecule has 218 valence electrons. The highest BCUT2D eigenvalue weighted by Gasteiger charge is 2.22. The van der Waals surface area contributed by atoms with Crippen molar-refractivity contribution in [1.29, 1.82) is 0 Å². The lowest BCUT2D eigenvalue weighted by Crippen LogP contribution is -2.12. The predicted molar refractivity (Wildman–Crippen MR) is 180 cm³/mol. The first-order chi connectivity index (χ1) is 21.4. The third-order valence-corrected chi connectivity index (χ3v) is 8.97. The van der Waals surface area contributed by atoms with Crippen LogP contribution in [0.25, 0.3) is 38.7 Å². The van der Waals surface area contributed by atoms with Crippen LogP contribution in [0.4, 0.5) is 11.4 Å². The number of allylic oxidation sites excluding steroid dienone is 1. The number of rotatable bonds is 9. The van der Waals surface area contributed by atoms with Crippen LogP contribution < -0.4 is 20.5 Å². The van der Waals surface area contributed by atoms with Crippen molar-refractivity contribution in [1.82, 2.24) is 4.98 Å². The van der Waals surface area contributed by atoms with Crippen molar-refractivity contribution in [2.75, 3.05) is 25.3 Å². The van der Waals surface area contributed by atoms with Crippen molar-refractivity contribution in [3.8, 4) is 33.9 Å². The summed E-state index contributed by atoms with van der Waals surface area (Å²) in [6.45, 7) is 0. The van der Waals surface area contributed by atoms with Crippen LogP contribution in [0, 0.1) is 0 Å². The van der Waals surface area contributed by atoms with Crippen molar-refractivity contribution in [3.63, 3.8) is 0 Å². The number of ketones is 1. The molecule has 0 saturated carbocycles. The van der Waals surface area contributed by atoms with E-state index in [9.17, 15) is 9.59 Å². The topological polar surface area (TPSA) is 104 Å². The normalized spacial score (nSPS) is 11.1. The molecule has 6 aromatic rings. The first-order valence-electron chi connectivity index (χ1n) is 13.6. The highest BCUT2D eigenvalue weighted by Crippen LogP contribution is 2.43. The summed E-state index contributed by atoms with van der Waals surface area (Å²) in [5.41, 5.74) is 11.5. The van der Waals surface area contributed by atoms with Crippen molar-refractivity contribution in [2.24, 2.45) is 0 Å². The number of methoxy groups -OCH3 is 2. The number of nitrogens with two attached hydrogens (primary N) is 1. The number of carbonyl (C=O) groups is 2. The standard InChI is InChI=1S/C35H27N3O4S2/c1-41-29-17-12-23(19-30(29)42-2)26-20-27(21-7-4-3-5-8-21)38-35-31(26)32(36)33(44-35)34(40)37-24-13-10-22(11-14-24)28(39)16-15-25-9-6-18-43-25/h3-20H,36H2,1-2H3,(H,37,40)/b16-15+. The van der Waals surface area contributed by atoms with Gasteiger partial charge in [0.1, 0.15) is 9.71 Å². The minimum atomic E-state index is -0.360. The lowest BCUT2D eigenvalue weighted by Gasteiger charge is -2.12. The smallest absolute Gasteiger partial charge is 0.267 e. The number of hydrogen-bond acceptors (Lipinski definition) is 8. The Balaban J connectivity index is 1.34. The minimum absolute atomic E-state index is 0.118. The molecule has 1 amide bonds. The van der Waals surface area contributed by atoms with E-state index in [0.29, 0.717) is 43.5 Å². The summed E-state index contributed by atoms with van der Waals surface area (Å²) < 4.78 is 11.0. The minimum Gasteiger partial charge on any atom is -0.493 e. The first-order valence-corrected chi connectivity index (χ1v) is 15.3. The zero-order valence-electron chi connectivity index (χ0n) is 23.9. The van der Waals surface area contributed by atoms with E-state index in [1.807, 2.05) is 72.1 Å². The number of hydrogen-bond donors (Lipinski definition) is 2. The van der Waals surface area contributed by atoms with Crippen LogP contribution in [0.15, 0.2) is 102 Å². The Labute approximate surface area is 262 Å². The monoisotopic (exact) mass is 617 g/mol. The number of carbonyl (C=O) groups excluding carboxylic acids is 2. The first kappa shape index (κ1) is 28.9. The maximum Gasteiger partial charge on any atom is 0.267 e. The largest absolute Gasteiger partial charge is 0.493 e. The molecule has 3 heterocycles. The molecule has 0 fully saturated rings.